The van der Waals surface area contributed by atoms with Crippen molar-refractivity contribution in [3.05, 3.63) is 29.8 Å². The smallest absolute Gasteiger partial charge is 0.224 e. The van der Waals surface area contributed by atoms with Crippen LogP contribution in [0.15, 0.2) is 24.3 Å². The summed E-state index contributed by atoms with van der Waals surface area (Å²) in [6, 6.07) is 7.60. The van der Waals surface area contributed by atoms with Gasteiger partial charge in [0.15, 0.2) is 0 Å². The Bertz CT molecular complexity index is 457. The van der Waals surface area contributed by atoms with Crippen LogP contribution < -0.4 is 10.1 Å². The van der Waals surface area contributed by atoms with Crippen molar-refractivity contribution in [3.8, 4) is 5.75 Å². The highest BCUT2D eigenvalue weighted by Crippen LogP contribution is 2.37. The summed E-state index contributed by atoms with van der Waals surface area (Å²) < 4.78 is 5.10. The van der Waals surface area contributed by atoms with Gasteiger partial charge in [0.2, 0.25) is 5.91 Å². The first-order valence-corrected chi connectivity index (χ1v) is 7.10. The van der Waals surface area contributed by atoms with E-state index in [1.165, 1.54) is 0 Å². The van der Waals surface area contributed by atoms with Gasteiger partial charge in [-0.3, -0.25) is 4.79 Å². The summed E-state index contributed by atoms with van der Waals surface area (Å²) >= 11 is 0. The van der Waals surface area contributed by atoms with Gasteiger partial charge in [0.05, 0.1) is 20.1 Å². The van der Waals surface area contributed by atoms with Crippen LogP contribution >= 0.6 is 0 Å². The lowest BCUT2D eigenvalue weighted by Crippen LogP contribution is -2.45. The Balaban J connectivity index is 1.91. The highest BCUT2D eigenvalue weighted by molar-refractivity contribution is 5.79. The molecule has 0 aromatic heterocycles. The molecule has 0 radical (unpaired) electrons. The number of carbonyl (C=O) groups excluding carboxylic acids is 1. The van der Waals surface area contributed by atoms with Gasteiger partial charge in [-0.2, -0.15) is 0 Å². The minimum atomic E-state index is -0.171. The average Bonchev–Trinajstić information content (AvgIpc) is 2.81. The molecule has 2 unspecified atom stereocenters. The number of aliphatic hydroxyl groups is 1. The average molecular weight is 277 g/mol. The highest BCUT2D eigenvalue weighted by atomic mass is 16.5. The summed E-state index contributed by atoms with van der Waals surface area (Å²) in [5, 5.41) is 12.6. The largest absolute Gasteiger partial charge is 0.497 e. The number of benzene rings is 1. The van der Waals surface area contributed by atoms with Gasteiger partial charge in [-0.1, -0.05) is 25.5 Å². The molecule has 1 saturated carbocycles. The second-order valence-electron chi connectivity index (χ2n) is 5.85. The van der Waals surface area contributed by atoms with Gasteiger partial charge < -0.3 is 15.2 Å². The summed E-state index contributed by atoms with van der Waals surface area (Å²) in [7, 11) is 1.62. The zero-order chi connectivity index (χ0) is 14.6. The van der Waals surface area contributed by atoms with Crippen LogP contribution in [0.4, 0.5) is 0 Å². The minimum Gasteiger partial charge on any atom is -0.497 e. The van der Waals surface area contributed by atoms with E-state index in [1.807, 2.05) is 31.2 Å². The summed E-state index contributed by atoms with van der Waals surface area (Å²) in [5.41, 5.74) is 0.794. The van der Waals surface area contributed by atoms with Crippen molar-refractivity contribution in [1.82, 2.24) is 5.32 Å². The molecule has 1 aliphatic rings. The molecular weight excluding hydrogens is 254 g/mol. The van der Waals surface area contributed by atoms with E-state index in [1.54, 1.807) is 7.11 Å². The molecule has 0 heterocycles. The molecule has 0 saturated heterocycles. The molecule has 1 aromatic rings. The van der Waals surface area contributed by atoms with Crippen LogP contribution in [0, 0.1) is 5.41 Å². The topological polar surface area (TPSA) is 58.6 Å². The summed E-state index contributed by atoms with van der Waals surface area (Å²) in [6.07, 6.45) is 3.34. The van der Waals surface area contributed by atoms with Crippen molar-refractivity contribution in [2.75, 3.05) is 13.7 Å². The number of amides is 1. The van der Waals surface area contributed by atoms with Crippen LogP contribution in [0.3, 0.4) is 0 Å². The third kappa shape index (κ3) is 3.31. The number of methoxy groups -OCH3 is 1. The second-order valence-corrected chi connectivity index (χ2v) is 5.85. The van der Waals surface area contributed by atoms with E-state index in [0.29, 0.717) is 6.42 Å². The van der Waals surface area contributed by atoms with Gasteiger partial charge >= 0.3 is 0 Å². The maximum Gasteiger partial charge on any atom is 0.224 e. The quantitative estimate of drug-likeness (QED) is 0.864. The third-order valence-electron chi connectivity index (χ3n) is 4.30. The van der Waals surface area contributed by atoms with Crippen LogP contribution in [-0.4, -0.2) is 30.8 Å². The lowest BCUT2D eigenvalue weighted by molar-refractivity contribution is -0.122. The molecule has 1 aromatic carbocycles. The first-order valence-electron chi connectivity index (χ1n) is 7.10. The standard InChI is InChI=1S/C16H23NO3/c1-16(11-18)9-3-4-14(16)17-15(19)10-12-5-7-13(20-2)8-6-12/h5-8,14,18H,3-4,9-11H2,1-2H3,(H,17,19). The van der Waals surface area contributed by atoms with Gasteiger partial charge in [0.25, 0.3) is 0 Å². The lowest BCUT2D eigenvalue weighted by Gasteiger charge is -2.30. The molecule has 2 rings (SSSR count). The molecule has 2 atom stereocenters. The van der Waals surface area contributed by atoms with Crippen LogP contribution in [0.2, 0.25) is 0 Å². The molecule has 4 nitrogen and oxygen atoms in total. The monoisotopic (exact) mass is 277 g/mol. The van der Waals surface area contributed by atoms with E-state index in [9.17, 15) is 9.90 Å². The van der Waals surface area contributed by atoms with Crippen molar-refractivity contribution in [3.63, 3.8) is 0 Å². The number of aliphatic hydroxyl groups excluding tert-OH is 1. The number of carbonyl (C=O) groups is 1. The summed E-state index contributed by atoms with van der Waals surface area (Å²) in [6.45, 7) is 2.17. The Kier molecular flexibility index (Phi) is 4.65. The van der Waals surface area contributed by atoms with Crippen molar-refractivity contribution >= 4 is 5.91 Å². The van der Waals surface area contributed by atoms with E-state index in [0.717, 1.165) is 30.6 Å². The first kappa shape index (κ1) is 14.9. The molecule has 0 spiro atoms. The maximum atomic E-state index is 12.1. The van der Waals surface area contributed by atoms with E-state index in [2.05, 4.69) is 5.32 Å². The van der Waals surface area contributed by atoms with Crippen molar-refractivity contribution in [1.29, 1.82) is 0 Å². The molecule has 1 aliphatic carbocycles. The Morgan fingerprint density at radius 3 is 2.75 bits per heavy atom. The molecule has 4 heteroatoms. The van der Waals surface area contributed by atoms with Crippen molar-refractivity contribution in [2.24, 2.45) is 5.41 Å². The van der Waals surface area contributed by atoms with Gasteiger partial charge in [-0.15, -0.1) is 0 Å². The van der Waals surface area contributed by atoms with E-state index in [-0.39, 0.29) is 24.0 Å². The van der Waals surface area contributed by atoms with E-state index in [4.69, 9.17) is 4.74 Å². The fourth-order valence-corrected chi connectivity index (χ4v) is 2.84. The summed E-state index contributed by atoms with van der Waals surface area (Å²) in [5.74, 6) is 0.805. The van der Waals surface area contributed by atoms with Gasteiger partial charge in [0.1, 0.15) is 5.75 Å². The molecular formula is C16H23NO3. The minimum absolute atomic E-state index is 0.0155. The third-order valence-corrected chi connectivity index (χ3v) is 4.30. The van der Waals surface area contributed by atoms with Gasteiger partial charge in [-0.05, 0) is 30.5 Å². The first-order chi connectivity index (χ1) is 9.57. The van der Waals surface area contributed by atoms with Crippen LogP contribution in [0.5, 0.6) is 5.75 Å². The zero-order valence-corrected chi connectivity index (χ0v) is 12.2. The van der Waals surface area contributed by atoms with Gasteiger partial charge in [0, 0.05) is 11.5 Å². The fraction of sp³-hybridized carbons (Fsp3) is 0.562. The Morgan fingerprint density at radius 1 is 1.45 bits per heavy atom. The Hall–Kier alpha value is -1.55. The normalized spacial score (nSPS) is 25.4. The van der Waals surface area contributed by atoms with E-state index >= 15 is 0 Å². The highest BCUT2D eigenvalue weighted by Gasteiger charge is 2.38. The zero-order valence-electron chi connectivity index (χ0n) is 12.2. The Morgan fingerprint density at radius 2 is 2.15 bits per heavy atom. The van der Waals surface area contributed by atoms with Crippen molar-refractivity contribution in [2.45, 2.75) is 38.6 Å². The van der Waals surface area contributed by atoms with Gasteiger partial charge in [-0.25, -0.2) is 0 Å². The molecule has 1 fully saturated rings. The molecule has 20 heavy (non-hydrogen) atoms. The fourth-order valence-electron chi connectivity index (χ4n) is 2.84. The van der Waals surface area contributed by atoms with Crippen LogP contribution in [0.1, 0.15) is 31.7 Å². The second kappa shape index (κ2) is 6.27. The molecule has 2 N–H and O–H groups in total. The predicted molar refractivity (Wildman–Crippen MR) is 77.7 cm³/mol. The van der Waals surface area contributed by atoms with Crippen LogP contribution in [0.25, 0.3) is 0 Å². The lowest BCUT2D eigenvalue weighted by atomic mass is 9.85. The number of rotatable bonds is 5. The molecule has 1 amide bonds. The number of hydrogen-bond donors (Lipinski definition) is 2. The van der Waals surface area contributed by atoms with Crippen LogP contribution in [-0.2, 0) is 11.2 Å². The van der Waals surface area contributed by atoms with E-state index < -0.39 is 0 Å². The predicted octanol–water partition coefficient (Wildman–Crippen LogP) is 1.91. The number of hydrogen-bond acceptors (Lipinski definition) is 3. The van der Waals surface area contributed by atoms with Crippen molar-refractivity contribution < 1.29 is 14.6 Å². The number of nitrogens with one attached hydrogen (secondary N) is 1. The Labute approximate surface area is 120 Å². The number of ether oxygens (including phenoxy) is 1. The SMILES string of the molecule is COc1ccc(CC(=O)NC2CCCC2(C)CO)cc1. The maximum absolute atomic E-state index is 12.1. The molecule has 0 aliphatic heterocycles. The summed E-state index contributed by atoms with van der Waals surface area (Å²) in [4.78, 5) is 12.1. The molecule has 0 bridgehead atoms. The molecule has 110 valence electrons.